The van der Waals surface area contributed by atoms with Crippen LogP contribution in [0.1, 0.15) is 5.56 Å². The van der Waals surface area contributed by atoms with Crippen molar-refractivity contribution >= 4 is 38.4 Å². The lowest BCUT2D eigenvalue weighted by atomic mass is 10.1. The topological polar surface area (TPSA) is 154 Å². The molecule has 1 aromatic heterocycles. The van der Waals surface area contributed by atoms with Crippen LogP contribution in [0.15, 0.2) is 71.6 Å². The second-order valence-corrected chi connectivity index (χ2v) is 9.18. The van der Waals surface area contributed by atoms with Crippen molar-refractivity contribution in [3.8, 4) is 11.5 Å². The number of rotatable bonds is 10. The summed E-state index contributed by atoms with van der Waals surface area (Å²) in [5.41, 5.74) is 2.17. The molecule has 0 fully saturated rings. The van der Waals surface area contributed by atoms with E-state index in [0.717, 1.165) is 0 Å². The Morgan fingerprint density at radius 1 is 0.857 bits per heavy atom. The highest BCUT2D eigenvalue weighted by atomic mass is 32.2. The van der Waals surface area contributed by atoms with Gasteiger partial charge in [0.2, 0.25) is 0 Å². The van der Waals surface area contributed by atoms with E-state index in [9.17, 15) is 18.6 Å². The van der Waals surface area contributed by atoms with Crippen LogP contribution in [0.5, 0.6) is 11.5 Å². The van der Waals surface area contributed by atoms with E-state index in [-0.39, 0.29) is 42.1 Å². The molecule has 0 radical (unpaired) electrons. The molecule has 0 saturated carbocycles. The third-order valence-corrected chi connectivity index (χ3v) is 6.38. The van der Waals surface area contributed by atoms with E-state index in [1.807, 2.05) is 0 Å². The number of nitrogens with one attached hydrogen (secondary N) is 2. The van der Waals surface area contributed by atoms with Gasteiger partial charge in [0.05, 0.1) is 22.5 Å². The van der Waals surface area contributed by atoms with E-state index in [1.54, 1.807) is 30.3 Å². The number of benzene rings is 3. The fourth-order valence-electron chi connectivity index (χ4n) is 3.37. The van der Waals surface area contributed by atoms with Gasteiger partial charge in [-0.15, -0.1) is 0 Å². The number of aliphatic hydroxyl groups excluding tert-OH is 2. The molecular weight excluding hydrogens is 472 g/mol. The second kappa shape index (κ2) is 10.6. The Labute approximate surface area is 201 Å². The van der Waals surface area contributed by atoms with Gasteiger partial charge in [-0.2, -0.15) is 0 Å². The zero-order chi connectivity index (χ0) is 24.8. The number of anilines is 3. The highest BCUT2D eigenvalue weighted by molar-refractivity contribution is 7.92. The normalized spacial score (nSPS) is 11.4. The van der Waals surface area contributed by atoms with Gasteiger partial charge >= 0.3 is 0 Å². The number of nitrogens with zero attached hydrogens (tertiary/aromatic N) is 2. The van der Waals surface area contributed by atoms with Gasteiger partial charge in [-0.25, -0.2) is 18.4 Å². The number of fused-ring (bicyclic) bond motifs is 1. The standard InChI is InChI=1S/C24H24N4O6S/c29-12-11-16-5-6-17(31)15-22(16)27-23-24(26-21-4-2-1-3-20(21)25-23)28-35(32,33)19-9-7-18(8-10-19)34-14-13-30/h1-10,15,29-31H,11-14H2,(H,25,27)(H,26,28). The maximum Gasteiger partial charge on any atom is 0.263 e. The van der Waals surface area contributed by atoms with E-state index in [4.69, 9.17) is 9.84 Å². The molecule has 0 aliphatic carbocycles. The highest BCUT2D eigenvalue weighted by Gasteiger charge is 2.20. The molecular formula is C24H24N4O6S. The monoisotopic (exact) mass is 496 g/mol. The first-order valence-electron chi connectivity index (χ1n) is 10.7. The number of aliphatic hydroxyl groups is 2. The number of phenols is 1. The van der Waals surface area contributed by atoms with Crippen LogP contribution in [-0.2, 0) is 16.4 Å². The van der Waals surface area contributed by atoms with Gasteiger partial charge in [-0.3, -0.25) is 4.72 Å². The lowest BCUT2D eigenvalue weighted by Gasteiger charge is -2.16. The van der Waals surface area contributed by atoms with Gasteiger partial charge < -0.3 is 25.4 Å². The molecule has 4 rings (SSSR count). The molecule has 3 aromatic carbocycles. The number of hydrogen-bond acceptors (Lipinski definition) is 9. The van der Waals surface area contributed by atoms with Crippen molar-refractivity contribution in [3.63, 3.8) is 0 Å². The van der Waals surface area contributed by atoms with Crippen molar-refractivity contribution in [2.24, 2.45) is 0 Å². The fraction of sp³-hybridized carbons (Fsp3) is 0.167. The summed E-state index contributed by atoms with van der Waals surface area (Å²) in [4.78, 5) is 8.98. The van der Waals surface area contributed by atoms with Crippen molar-refractivity contribution in [1.29, 1.82) is 0 Å². The lowest BCUT2D eigenvalue weighted by molar-refractivity contribution is 0.201. The first kappa shape index (κ1) is 24.2. The summed E-state index contributed by atoms with van der Waals surface area (Å²) < 4.78 is 34.0. The Hall–Kier alpha value is -3.93. The third kappa shape index (κ3) is 5.77. The van der Waals surface area contributed by atoms with E-state index in [2.05, 4.69) is 20.0 Å². The molecule has 0 amide bonds. The van der Waals surface area contributed by atoms with E-state index < -0.39 is 10.0 Å². The van der Waals surface area contributed by atoms with Gasteiger partial charge in [0, 0.05) is 18.4 Å². The van der Waals surface area contributed by atoms with Crippen molar-refractivity contribution < 1.29 is 28.5 Å². The molecule has 0 atom stereocenters. The average Bonchev–Trinajstić information content (AvgIpc) is 2.85. The van der Waals surface area contributed by atoms with Crippen molar-refractivity contribution in [3.05, 3.63) is 72.3 Å². The quantitative estimate of drug-likeness (QED) is 0.223. The largest absolute Gasteiger partial charge is 0.508 e. The van der Waals surface area contributed by atoms with Gasteiger partial charge in [-0.1, -0.05) is 18.2 Å². The molecule has 11 heteroatoms. The van der Waals surface area contributed by atoms with Crippen molar-refractivity contribution in [2.45, 2.75) is 11.3 Å². The van der Waals surface area contributed by atoms with Crippen molar-refractivity contribution in [2.75, 3.05) is 29.9 Å². The van der Waals surface area contributed by atoms with Crippen LogP contribution in [0.4, 0.5) is 17.3 Å². The molecule has 35 heavy (non-hydrogen) atoms. The Kier molecular flexibility index (Phi) is 7.30. The van der Waals surface area contributed by atoms with E-state index in [1.165, 1.54) is 36.4 Å². The lowest BCUT2D eigenvalue weighted by Crippen LogP contribution is -2.16. The summed E-state index contributed by atoms with van der Waals surface area (Å²) in [6.45, 7) is -0.170. The summed E-state index contributed by atoms with van der Waals surface area (Å²) in [5, 5.41) is 31.3. The van der Waals surface area contributed by atoms with E-state index >= 15 is 0 Å². The van der Waals surface area contributed by atoms with Crippen LogP contribution in [0.25, 0.3) is 11.0 Å². The second-order valence-electron chi connectivity index (χ2n) is 7.50. The number of ether oxygens (including phenoxy) is 1. The molecule has 5 N–H and O–H groups in total. The maximum atomic E-state index is 13.1. The first-order chi connectivity index (χ1) is 16.9. The summed E-state index contributed by atoms with van der Waals surface area (Å²) in [6.07, 6.45) is 0.315. The fourth-order valence-corrected chi connectivity index (χ4v) is 4.38. The Morgan fingerprint density at radius 3 is 2.20 bits per heavy atom. The van der Waals surface area contributed by atoms with Crippen LogP contribution in [0, 0.1) is 0 Å². The number of para-hydroxylation sites is 2. The summed E-state index contributed by atoms with van der Waals surface area (Å²) >= 11 is 0. The zero-order valence-electron chi connectivity index (χ0n) is 18.5. The first-order valence-corrected chi connectivity index (χ1v) is 12.2. The summed E-state index contributed by atoms with van der Waals surface area (Å²) in [7, 11) is -4.05. The van der Waals surface area contributed by atoms with Crippen LogP contribution in [0.3, 0.4) is 0 Å². The molecule has 0 spiro atoms. The molecule has 0 saturated heterocycles. The molecule has 0 aliphatic heterocycles. The van der Waals surface area contributed by atoms with Crippen LogP contribution in [-0.4, -0.2) is 53.5 Å². The van der Waals surface area contributed by atoms with Gasteiger partial charge in [0.15, 0.2) is 11.6 Å². The van der Waals surface area contributed by atoms with Gasteiger partial charge in [0.25, 0.3) is 10.0 Å². The molecule has 182 valence electrons. The van der Waals surface area contributed by atoms with Gasteiger partial charge in [0.1, 0.15) is 18.1 Å². The summed E-state index contributed by atoms with van der Waals surface area (Å²) in [5.74, 6) is 0.502. The molecule has 0 unspecified atom stereocenters. The minimum Gasteiger partial charge on any atom is -0.508 e. The van der Waals surface area contributed by atoms with E-state index in [0.29, 0.717) is 34.5 Å². The van der Waals surface area contributed by atoms with Crippen LogP contribution < -0.4 is 14.8 Å². The Balaban J connectivity index is 1.72. The molecule has 4 aromatic rings. The minimum absolute atomic E-state index is 0.00595. The SMILES string of the molecule is O=S(=O)(Nc1nc2ccccc2nc1Nc1cc(O)ccc1CCO)c1ccc(OCCO)cc1. The Bertz CT molecular complexity index is 1430. The number of sulfonamides is 1. The molecule has 0 aliphatic rings. The third-order valence-electron chi connectivity index (χ3n) is 5.02. The smallest absolute Gasteiger partial charge is 0.263 e. The highest BCUT2D eigenvalue weighted by Crippen LogP contribution is 2.30. The number of aromatic hydroxyl groups is 1. The van der Waals surface area contributed by atoms with Crippen molar-refractivity contribution in [1.82, 2.24) is 9.97 Å². The van der Waals surface area contributed by atoms with Gasteiger partial charge in [-0.05, 0) is 54.4 Å². The number of aromatic nitrogens is 2. The molecule has 1 heterocycles. The predicted octanol–water partition coefficient (Wildman–Crippen LogP) is 2.79. The average molecular weight is 497 g/mol. The maximum absolute atomic E-state index is 13.1. The minimum atomic E-state index is -4.05. The van der Waals surface area contributed by atoms with Crippen LogP contribution in [0.2, 0.25) is 0 Å². The number of hydrogen-bond donors (Lipinski definition) is 5. The molecule has 10 nitrogen and oxygen atoms in total. The summed E-state index contributed by atoms with van der Waals surface area (Å²) in [6, 6.07) is 17.4. The zero-order valence-corrected chi connectivity index (χ0v) is 19.4. The van der Waals surface area contributed by atoms with Crippen LogP contribution >= 0.6 is 0 Å². The molecule has 0 bridgehead atoms. The Morgan fingerprint density at radius 2 is 1.54 bits per heavy atom. The predicted molar refractivity (Wildman–Crippen MR) is 132 cm³/mol. The number of phenolic OH excluding ortho intramolecular Hbond substituents is 1.